The van der Waals surface area contributed by atoms with Gasteiger partial charge < -0.3 is 10.2 Å². The lowest BCUT2D eigenvalue weighted by molar-refractivity contribution is -0.174. The van der Waals surface area contributed by atoms with Crippen LogP contribution in [0.3, 0.4) is 0 Å². The van der Waals surface area contributed by atoms with Crippen LogP contribution in [0.2, 0.25) is 0 Å². The summed E-state index contributed by atoms with van der Waals surface area (Å²) in [6, 6.07) is -0.520. The Balaban J connectivity index is 2.39. The van der Waals surface area contributed by atoms with Gasteiger partial charge in [-0.15, -0.1) is 0 Å². The van der Waals surface area contributed by atoms with E-state index in [4.69, 9.17) is 0 Å². The van der Waals surface area contributed by atoms with Crippen LogP contribution in [0.5, 0.6) is 0 Å². The van der Waals surface area contributed by atoms with E-state index in [0.717, 1.165) is 6.42 Å². The van der Waals surface area contributed by atoms with E-state index in [1.807, 2.05) is 12.2 Å². The van der Waals surface area contributed by atoms with Crippen molar-refractivity contribution in [3.63, 3.8) is 0 Å². The van der Waals surface area contributed by atoms with Crippen molar-refractivity contribution in [2.45, 2.75) is 38.4 Å². The van der Waals surface area contributed by atoms with E-state index in [0.29, 0.717) is 25.9 Å². The predicted octanol–water partition coefficient (Wildman–Crippen LogP) is 1.62. The van der Waals surface area contributed by atoms with Gasteiger partial charge in [-0.3, -0.25) is 9.59 Å². The number of rotatable bonds is 3. The highest BCUT2D eigenvalue weighted by Gasteiger charge is 2.40. The molecule has 1 saturated heterocycles. The summed E-state index contributed by atoms with van der Waals surface area (Å²) in [5.74, 6) is -2.05. The summed E-state index contributed by atoms with van der Waals surface area (Å²) in [7, 11) is 0. The van der Waals surface area contributed by atoms with Crippen molar-refractivity contribution in [2.24, 2.45) is 0 Å². The summed E-state index contributed by atoms with van der Waals surface area (Å²) in [6.07, 6.45) is -0.212. The minimum Gasteiger partial charge on any atom is -0.345 e. The number of nitrogens with zero attached hydrogens (tertiary/aromatic N) is 1. The molecule has 1 N–H and O–H groups in total. The van der Waals surface area contributed by atoms with Crippen LogP contribution in [0.25, 0.3) is 0 Å². The number of alkyl halides is 3. The second-order valence-corrected chi connectivity index (χ2v) is 4.38. The Bertz CT molecular complexity index is 358. The summed E-state index contributed by atoms with van der Waals surface area (Å²) < 4.78 is 36.2. The normalized spacial score (nSPS) is 17.8. The Morgan fingerprint density at radius 2 is 1.89 bits per heavy atom. The zero-order valence-electron chi connectivity index (χ0n) is 10.7. The second-order valence-electron chi connectivity index (χ2n) is 4.38. The van der Waals surface area contributed by atoms with Crippen LogP contribution >= 0.6 is 0 Å². The summed E-state index contributed by atoms with van der Waals surface area (Å²) in [5.41, 5.74) is 0. The van der Waals surface area contributed by atoms with Gasteiger partial charge in [0, 0.05) is 19.1 Å². The van der Waals surface area contributed by atoms with Crippen molar-refractivity contribution in [3.8, 4) is 0 Å². The van der Waals surface area contributed by atoms with E-state index < -0.39 is 18.1 Å². The molecule has 19 heavy (non-hydrogen) atoms. The van der Waals surface area contributed by atoms with E-state index in [1.54, 1.807) is 11.0 Å². The van der Waals surface area contributed by atoms with Gasteiger partial charge in [0.05, 0.1) is 0 Å². The molecule has 2 amide bonds. The van der Waals surface area contributed by atoms with Gasteiger partial charge >= 0.3 is 12.1 Å². The van der Waals surface area contributed by atoms with Gasteiger partial charge in [0.2, 0.25) is 5.91 Å². The van der Waals surface area contributed by atoms with Crippen LogP contribution in [0, 0.1) is 0 Å². The van der Waals surface area contributed by atoms with Crippen LogP contribution in [0.15, 0.2) is 12.2 Å². The van der Waals surface area contributed by atoms with Crippen molar-refractivity contribution in [1.82, 2.24) is 10.2 Å². The van der Waals surface area contributed by atoms with Gasteiger partial charge in [-0.25, -0.2) is 0 Å². The molecule has 108 valence electrons. The first-order chi connectivity index (χ1) is 8.84. The molecule has 7 heteroatoms. The maximum Gasteiger partial charge on any atom is 0.471 e. The second kappa shape index (κ2) is 6.58. The highest BCUT2D eigenvalue weighted by Crippen LogP contribution is 2.17. The monoisotopic (exact) mass is 278 g/mol. The van der Waals surface area contributed by atoms with Crippen molar-refractivity contribution in [2.75, 3.05) is 13.1 Å². The van der Waals surface area contributed by atoms with Crippen LogP contribution in [-0.2, 0) is 9.59 Å². The Hall–Kier alpha value is -1.53. The highest BCUT2D eigenvalue weighted by molar-refractivity contribution is 5.87. The van der Waals surface area contributed by atoms with E-state index in [1.165, 1.54) is 6.08 Å². The first kappa shape index (κ1) is 15.5. The fourth-order valence-corrected chi connectivity index (χ4v) is 1.84. The van der Waals surface area contributed by atoms with Crippen molar-refractivity contribution in [1.29, 1.82) is 0 Å². The average molecular weight is 278 g/mol. The van der Waals surface area contributed by atoms with Gasteiger partial charge in [-0.1, -0.05) is 13.0 Å². The molecule has 0 radical (unpaired) electrons. The van der Waals surface area contributed by atoms with Gasteiger partial charge in [-0.2, -0.15) is 13.2 Å². The van der Waals surface area contributed by atoms with Gasteiger partial charge in [0.15, 0.2) is 0 Å². The first-order valence-electron chi connectivity index (χ1n) is 6.17. The molecule has 4 nitrogen and oxygen atoms in total. The number of halogens is 3. The zero-order chi connectivity index (χ0) is 14.5. The number of hydrogen-bond acceptors (Lipinski definition) is 2. The molecule has 1 aliphatic rings. The zero-order valence-corrected chi connectivity index (χ0v) is 10.7. The summed E-state index contributed by atoms with van der Waals surface area (Å²) in [4.78, 5) is 24.0. The molecule has 0 aromatic carbocycles. The van der Waals surface area contributed by atoms with E-state index in [9.17, 15) is 22.8 Å². The van der Waals surface area contributed by atoms with Gasteiger partial charge in [0.1, 0.15) is 0 Å². The van der Waals surface area contributed by atoms with E-state index in [-0.39, 0.29) is 5.91 Å². The average Bonchev–Trinajstić information content (AvgIpc) is 2.35. The minimum atomic E-state index is -4.85. The highest BCUT2D eigenvalue weighted by atomic mass is 19.4. The largest absolute Gasteiger partial charge is 0.471 e. The molecule has 0 aromatic heterocycles. The fourth-order valence-electron chi connectivity index (χ4n) is 1.84. The summed E-state index contributed by atoms with van der Waals surface area (Å²) in [5, 5.41) is 1.94. The lowest BCUT2D eigenvalue weighted by Crippen LogP contribution is -2.49. The Morgan fingerprint density at radius 1 is 1.32 bits per heavy atom. The van der Waals surface area contributed by atoms with Gasteiger partial charge in [0.25, 0.3) is 0 Å². The number of piperidine rings is 1. The molecule has 1 rings (SSSR count). The number of carbonyl (C=O) groups is 2. The number of hydrogen-bond donors (Lipinski definition) is 1. The van der Waals surface area contributed by atoms with Crippen molar-refractivity contribution in [3.05, 3.63) is 12.2 Å². The Kier molecular flexibility index (Phi) is 5.38. The number of amides is 2. The lowest BCUT2D eigenvalue weighted by atomic mass is 10.0. The molecule has 1 heterocycles. The fraction of sp³-hybridized carbons (Fsp3) is 0.667. The molecule has 1 aliphatic heterocycles. The number of nitrogens with one attached hydrogen (secondary N) is 1. The molecular formula is C12H17F3N2O2. The molecule has 0 aromatic rings. The molecule has 0 atom stereocenters. The Morgan fingerprint density at radius 3 is 2.37 bits per heavy atom. The standard InChI is InChI=1S/C12H17F3N2O2/c1-2-3-4-10(18)17-7-5-9(6-8-17)16-11(19)12(13,14)15/h3-4,9H,2,5-8H2,1H3,(H,16,19)/b4-3+. The SMILES string of the molecule is CC/C=C/C(=O)N1CCC(NC(=O)C(F)(F)F)CC1. The third-order valence-electron chi connectivity index (χ3n) is 2.90. The molecule has 0 aliphatic carbocycles. The minimum absolute atomic E-state index is 0.137. The molecule has 0 saturated carbocycles. The third-order valence-corrected chi connectivity index (χ3v) is 2.90. The quantitative estimate of drug-likeness (QED) is 0.798. The van der Waals surface area contributed by atoms with E-state index >= 15 is 0 Å². The number of carbonyl (C=O) groups excluding carboxylic acids is 2. The molecule has 0 bridgehead atoms. The molecule has 1 fully saturated rings. The Labute approximate surface area is 109 Å². The summed E-state index contributed by atoms with van der Waals surface area (Å²) in [6.45, 7) is 2.62. The number of allylic oxidation sites excluding steroid dienone is 1. The molecular weight excluding hydrogens is 261 g/mol. The molecule has 0 unspecified atom stereocenters. The molecule has 0 spiro atoms. The van der Waals surface area contributed by atoms with Crippen LogP contribution in [-0.4, -0.2) is 42.0 Å². The lowest BCUT2D eigenvalue weighted by Gasteiger charge is -2.31. The van der Waals surface area contributed by atoms with Crippen LogP contribution < -0.4 is 5.32 Å². The maximum atomic E-state index is 12.1. The topological polar surface area (TPSA) is 49.4 Å². The van der Waals surface area contributed by atoms with Crippen molar-refractivity contribution >= 4 is 11.8 Å². The number of likely N-dealkylation sites (tertiary alicyclic amines) is 1. The van der Waals surface area contributed by atoms with Crippen molar-refractivity contribution < 1.29 is 22.8 Å². The van der Waals surface area contributed by atoms with Gasteiger partial charge in [-0.05, 0) is 25.3 Å². The third kappa shape index (κ3) is 4.92. The van der Waals surface area contributed by atoms with Crippen LogP contribution in [0.4, 0.5) is 13.2 Å². The smallest absolute Gasteiger partial charge is 0.345 e. The predicted molar refractivity (Wildman–Crippen MR) is 63.2 cm³/mol. The van der Waals surface area contributed by atoms with E-state index in [2.05, 4.69) is 0 Å². The summed E-state index contributed by atoms with van der Waals surface area (Å²) >= 11 is 0. The maximum absolute atomic E-state index is 12.1. The first-order valence-corrected chi connectivity index (χ1v) is 6.17. The van der Waals surface area contributed by atoms with Crippen LogP contribution in [0.1, 0.15) is 26.2 Å².